The van der Waals surface area contributed by atoms with E-state index >= 15 is 0 Å². The van der Waals surface area contributed by atoms with Crippen molar-refractivity contribution in [2.45, 2.75) is 6.29 Å². The topological polar surface area (TPSA) is 58.0 Å². The van der Waals surface area contributed by atoms with Gasteiger partial charge in [0.15, 0.2) is 11.5 Å². The molecular formula is C12H6AgF2N2O2. The van der Waals surface area contributed by atoms with Crippen LogP contribution < -0.4 is 9.47 Å². The minimum atomic E-state index is -3.67. The average Bonchev–Trinajstić information content (AvgIpc) is 2.89. The molecule has 1 aliphatic heterocycles. The molecule has 0 saturated carbocycles. The van der Waals surface area contributed by atoms with Crippen LogP contribution in [0.1, 0.15) is 5.56 Å². The van der Waals surface area contributed by atoms with E-state index < -0.39 is 6.29 Å². The standard InChI is InChI=1S/C12H6F2N2O2.Ag/c13-12(14)17-10-3-1-2-8(11(10)18-12)9-6-16-5-7(9)4-15;/h1-3,5-6,16H;. The van der Waals surface area contributed by atoms with Crippen molar-refractivity contribution < 1.29 is 40.6 Å². The third-order valence-corrected chi connectivity index (χ3v) is 2.58. The molecule has 0 amide bonds. The second-order valence-electron chi connectivity index (χ2n) is 3.69. The molecule has 1 radical (unpaired) electrons. The number of hydrogen-bond acceptors (Lipinski definition) is 3. The van der Waals surface area contributed by atoms with E-state index in [1.165, 1.54) is 12.3 Å². The number of para-hydroxylation sites is 1. The zero-order valence-electron chi connectivity index (χ0n) is 9.21. The molecule has 4 nitrogen and oxygen atoms in total. The van der Waals surface area contributed by atoms with Gasteiger partial charge in [-0.2, -0.15) is 5.26 Å². The first-order chi connectivity index (χ1) is 8.61. The van der Waals surface area contributed by atoms with Gasteiger partial charge in [0.2, 0.25) is 0 Å². The Labute approximate surface area is 122 Å². The van der Waals surface area contributed by atoms with Gasteiger partial charge in [0.1, 0.15) is 6.07 Å². The number of aromatic amines is 1. The minimum Gasteiger partial charge on any atom is -0.395 e. The van der Waals surface area contributed by atoms with Gasteiger partial charge in [0.05, 0.1) is 5.56 Å². The molecule has 0 unspecified atom stereocenters. The number of benzene rings is 1. The number of nitriles is 1. The summed E-state index contributed by atoms with van der Waals surface area (Å²) in [7, 11) is 0. The molecule has 1 aromatic carbocycles. The smallest absolute Gasteiger partial charge is 0.395 e. The molecule has 1 aromatic heterocycles. The molecule has 0 fully saturated rings. The maximum absolute atomic E-state index is 13.0. The van der Waals surface area contributed by atoms with Crippen molar-refractivity contribution in [1.29, 1.82) is 5.26 Å². The number of rotatable bonds is 1. The van der Waals surface area contributed by atoms with Crippen LogP contribution in [0.3, 0.4) is 0 Å². The fourth-order valence-electron chi connectivity index (χ4n) is 1.86. The molecule has 0 atom stereocenters. The predicted octanol–water partition coefficient (Wildman–Crippen LogP) is 2.87. The summed E-state index contributed by atoms with van der Waals surface area (Å²) in [6, 6.07) is 6.51. The third-order valence-electron chi connectivity index (χ3n) is 2.58. The van der Waals surface area contributed by atoms with Gasteiger partial charge in [0.25, 0.3) is 0 Å². The zero-order chi connectivity index (χ0) is 12.8. The van der Waals surface area contributed by atoms with Crippen molar-refractivity contribution in [2.24, 2.45) is 0 Å². The maximum Gasteiger partial charge on any atom is 0.586 e. The quantitative estimate of drug-likeness (QED) is 0.800. The molecule has 1 N–H and O–H groups in total. The number of fused-ring (bicyclic) bond motifs is 1. The number of alkyl halides is 2. The van der Waals surface area contributed by atoms with Crippen LogP contribution in [-0.4, -0.2) is 11.3 Å². The Balaban J connectivity index is 0.00000133. The molecule has 7 heteroatoms. The summed E-state index contributed by atoms with van der Waals surface area (Å²) in [5.41, 5.74) is 1.24. The Morgan fingerprint density at radius 3 is 2.68 bits per heavy atom. The van der Waals surface area contributed by atoms with Gasteiger partial charge in [-0.15, -0.1) is 8.78 Å². The Morgan fingerprint density at radius 1 is 1.16 bits per heavy atom. The van der Waals surface area contributed by atoms with Gasteiger partial charge in [0, 0.05) is 45.9 Å². The first-order valence-corrected chi connectivity index (χ1v) is 5.07. The number of halogens is 2. The number of ether oxygens (including phenoxy) is 2. The molecule has 3 rings (SSSR count). The van der Waals surface area contributed by atoms with Crippen molar-refractivity contribution in [2.75, 3.05) is 0 Å². The summed E-state index contributed by atoms with van der Waals surface area (Å²) in [5.74, 6) is -0.0961. The number of aromatic nitrogens is 1. The average molecular weight is 356 g/mol. The molecule has 101 valence electrons. The van der Waals surface area contributed by atoms with Gasteiger partial charge >= 0.3 is 6.29 Å². The van der Waals surface area contributed by atoms with Crippen LogP contribution in [0.2, 0.25) is 0 Å². The second-order valence-corrected chi connectivity index (χ2v) is 3.69. The fourth-order valence-corrected chi connectivity index (χ4v) is 1.86. The number of H-pyrrole nitrogens is 1. The summed E-state index contributed by atoms with van der Waals surface area (Å²) in [4.78, 5) is 2.75. The number of hydrogen-bond donors (Lipinski definition) is 1. The van der Waals surface area contributed by atoms with Gasteiger partial charge in [-0.3, -0.25) is 0 Å². The van der Waals surface area contributed by atoms with Crippen LogP contribution >= 0.6 is 0 Å². The molecule has 2 heterocycles. The van der Waals surface area contributed by atoms with E-state index in [9.17, 15) is 8.78 Å². The fraction of sp³-hybridized carbons (Fsp3) is 0.0833. The number of nitrogens with one attached hydrogen (secondary N) is 1. The van der Waals surface area contributed by atoms with Gasteiger partial charge in [-0.1, -0.05) is 12.1 Å². The molecule has 19 heavy (non-hydrogen) atoms. The van der Waals surface area contributed by atoms with Crippen LogP contribution in [0.15, 0.2) is 30.6 Å². The van der Waals surface area contributed by atoms with Crippen LogP contribution in [0.25, 0.3) is 11.1 Å². The van der Waals surface area contributed by atoms with E-state index in [-0.39, 0.29) is 33.9 Å². The molecular weight excluding hydrogens is 350 g/mol. The summed E-state index contributed by atoms with van der Waals surface area (Å²) < 4.78 is 34.9. The first kappa shape index (κ1) is 13.6. The minimum absolute atomic E-state index is 0. The van der Waals surface area contributed by atoms with E-state index in [1.807, 2.05) is 6.07 Å². The number of nitrogens with zero attached hydrogens (tertiary/aromatic N) is 1. The Hall–Kier alpha value is -1.81. The van der Waals surface area contributed by atoms with Crippen molar-refractivity contribution in [3.05, 3.63) is 36.2 Å². The van der Waals surface area contributed by atoms with Crippen LogP contribution in [0.5, 0.6) is 11.5 Å². The Bertz CT molecular complexity index is 664. The summed E-state index contributed by atoms with van der Waals surface area (Å²) in [6.07, 6.45) is -0.627. The molecule has 0 aliphatic carbocycles. The van der Waals surface area contributed by atoms with Crippen LogP contribution in [-0.2, 0) is 22.4 Å². The SMILES string of the molecule is N#Cc1c[nH]cc1-c1cccc2c1OC(F)(F)O2.[Ag]. The first-order valence-electron chi connectivity index (χ1n) is 5.07. The van der Waals surface area contributed by atoms with Crippen LogP contribution in [0.4, 0.5) is 8.78 Å². The van der Waals surface area contributed by atoms with E-state index in [1.54, 1.807) is 18.3 Å². The van der Waals surface area contributed by atoms with Gasteiger partial charge in [-0.05, 0) is 6.07 Å². The van der Waals surface area contributed by atoms with E-state index in [0.29, 0.717) is 16.7 Å². The van der Waals surface area contributed by atoms with E-state index in [0.717, 1.165) is 0 Å². The maximum atomic E-state index is 13.0. The van der Waals surface area contributed by atoms with Crippen molar-refractivity contribution >= 4 is 0 Å². The summed E-state index contributed by atoms with van der Waals surface area (Å²) >= 11 is 0. The molecule has 2 aromatic rings. The third kappa shape index (κ3) is 2.24. The normalized spacial score (nSPS) is 14.6. The molecule has 1 aliphatic rings. The van der Waals surface area contributed by atoms with E-state index in [2.05, 4.69) is 14.5 Å². The van der Waals surface area contributed by atoms with Gasteiger partial charge in [-0.25, -0.2) is 0 Å². The predicted molar refractivity (Wildman–Crippen MR) is 57.1 cm³/mol. The monoisotopic (exact) mass is 355 g/mol. The van der Waals surface area contributed by atoms with Crippen LogP contribution in [0, 0.1) is 11.3 Å². The Kier molecular flexibility index (Phi) is 3.37. The molecule has 0 saturated heterocycles. The van der Waals surface area contributed by atoms with Crippen molar-refractivity contribution in [3.8, 4) is 28.7 Å². The Morgan fingerprint density at radius 2 is 1.95 bits per heavy atom. The summed E-state index contributed by atoms with van der Waals surface area (Å²) in [5, 5.41) is 8.93. The summed E-state index contributed by atoms with van der Waals surface area (Å²) in [6.45, 7) is 0. The second kappa shape index (κ2) is 4.70. The van der Waals surface area contributed by atoms with Gasteiger partial charge < -0.3 is 14.5 Å². The molecule has 0 bridgehead atoms. The van der Waals surface area contributed by atoms with E-state index in [4.69, 9.17) is 5.26 Å². The largest absolute Gasteiger partial charge is 0.586 e. The zero-order valence-corrected chi connectivity index (χ0v) is 10.7. The molecule has 0 spiro atoms. The van der Waals surface area contributed by atoms with Crippen molar-refractivity contribution in [1.82, 2.24) is 4.98 Å². The van der Waals surface area contributed by atoms with Crippen molar-refractivity contribution in [3.63, 3.8) is 0 Å².